The van der Waals surface area contributed by atoms with Crippen LogP contribution in [0, 0.1) is 6.07 Å². The molecule has 58 heavy (non-hydrogen) atoms. The van der Waals surface area contributed by atoms with Gasteiger partial charge in [-0.15, -0.1) is 35.9 Å². The first-order valence-corrected chi connectivity index (χ1v) is 24.4. The summed E-state index contributed by atoms with van der Waals surface area (Å²) >= 11 is 0. The van der Waals surface area contributed by atoms with Crippen molar-refractivity contribution >= 4 is 29.0 Å². The van der Waals surface area contributed by atoms with Gasteiger partial charge in [-0.3, -0.25) is 0 Å². The molecule has 320 valence electrons. The van der Waals surface area contributed by atoms with Crippen LogP contribution in [0.2, 0.25) is 0 Å². The van der Waals surface area contributed by atoms with Crippen LogP contribution in [0.15, 0.2) is 72.8 Å². The maximum absolute atomic E-state index is 9.08. The van der Waals surface area contributed by atoms with Gasteiger partial charge in [0, 0.05) is 24.2 Å². The zero-order chi connectivity index (χ0) is 41.7. The van der Waals surface area contributed by atoms with Gasteiger partial charge in [0.25, 0.3) is 0 Å². The van der Waals surface area contributed by atoms with Gasteiger partial charge in [-0.05, 0) is 101 Å². The number of para-hydroxylation sites is 1. The van der Waals surface area contributed by atoms with Crippen molar-refractivity contribution in [2.24, 2.45) is 0 Å². The van der Waals surface area contributed by atoms with Crippen molar-refractivity contribution in [1.29, 1.82) is 0 Å². The van der Waals surface area contributed by atoms with Gasteiger partial charge in [-0.1, -0.05) is 124 Å². The molecule has 1 N–H and O–H groups in total. The molecule has 2 aliphatic rings. The Bertz CT molecular complexity index is 1900. The van der Waals surface area contributed by atoms with E-state index >= 15 is 0 Å². The number of methoxy groups -OCH3 is 2. The van der Waals surface area contributed by atoms with Gasteiger partial charge in [0.05, 0.1) is 24.3 Å². The molecular weight excluding hydrogens is 852 g/mol. The monoisotopic (exact) mass is 919 g/mol. The predicted molar refractivity (Wildman–Crippen MR) is 243 cm³/mol. The third-order valence-corrected chi connectivity index (χ3v) is 14.9. The molecule has 2 fully saturated rings. The first-order chi connectivity index (χ1) is 27.2. The fourth-order valence-corrected chi connectivity index (χ4v) is 12.6. The van der Waals surface area contributed by atoms with E-state index in [1.165, 1.54) is 103 Å². The Morgan fingerprint density at radius 1 is 0.707 bits per heavy atom. The van der Waals surface area contributed by atoms with Crippen LogP contribution in [-0.4, -0.2) is 51.8 Å². The predicted octanol–water partition coefficient (Wildman–Crippen LogP) is 12.9. The quantitative estimate of drug-likeness (QED) is 0.0698. The molecule has 0 radical (unpaired) electrons. The third-order valence-electron chi connectivity index (χ3n) is 11.3. The average molecular weight is 921 g/mol. The molecule has 9 heteroatoms. The number of hydrogen-bond acceptors (Lipinski definition) is 6. The minimum absolute atomic E-state index is 0. The fourth-order valence-electron chi connectivity index (χ4n) is 8.51. The minimum atomic E-state index is -3.92. The molecule has 0 amide bonds. The van der Waals surface area contributed by atoms with Crippen LogP contribution in [0.3, 0.4) is 0 Å². The number of benzene rings is 4. The molecule has 0 unspecified atom stereocenters. The number of hydrogen-bond donors (Lipinski definition) is 1. The van der Waals surface area contributed by atoms with Gasteiger partial charge in [0.15, 0.2) is 0 Å². The number of ether oxygens (including phenoxy) is 2. The summed E-state index contributed by atoms with van der Waals surface area (Å²) in [6.45, 7) is 14.1. The summed E-state index contributed by atoms with van der Waals surface area (Å²) < 4.78 is 39.8. The van der Waals surface area contributed by atoms with Crippen LogP contribution >= 0.6 is 7.92 Å². The van der Waals surface area contributed by atoms with Crippen molar-refractivity contribution in [3.05, 3.63) is 95.6 Å². The molecule has 4 aromatic carbocycles. The van der Waals surface area contributed by atoms with Crippen LogP contribution in [0.4, 0.5) is 5.69 Å². The van der Waals surface area contributed by atoms with Gasteiger partial charge in [-0.2, -0.15) is 0 Å². The van der Waals surface area contributed by atoms with Gasteiger partial charge in [0.1, 0.15) is 11.5 Å². The zero-order valence-electron chi connectivity index (χ0n) is 36.6. The van der Waals surface area contributed by atoms with Crippen LogP contribution in [0.1, 0.15) is 140 Å². The van der Waals surface area contributed by atoms with Crippen molar-refractivity contribution in [1.82, 2.24) is 0 Å². The SMILES string of the molecule is CNc1ccccc1-c1[c-]cccc1.COc1ccc(OC)c(P(C2CCCCC2)C2CCCCC2)c1-c1c(C(C)C)cc(C(C)C)cc1C(C)C.CS(=O)(=O)[O-].[Pd+2]. The summed E-state index contributed by atoms with van der Waals surface area (Å²) in [5.41, 5.74) is 12.2. The summed E-state index contributed by atoms with van der Waals surface area (Å²) in [5, 5.41) is 4.69. The molecule has 0 atom stereocenters. The molecule has 2 aliphatic carbocycles. The topological polar surface area (TPSA) is 87.7 Å². The average Bonchev–Trinajstić information content (AvgIpc) is 3.21. The Labute approximate surface area is 366 Å². The van der Waals surface area contributed by atoms with Crippen LogP contribution < -0.4 is 20.1 Å². The largest absolute Gasteiger partial charge is 2.00 e. The van der Waals surface area contributed by atoms with E-state index in [9.17, 15) is 0 Å². The molecule has 0 aromatic heterocycles. The van der Waals surface area contributed by atoms with Crippen molar-refractivity contribution in [3.8, 4) is 33.8 Å². The first kappa shape index (κ1) is 49.6. The normalized spacial score (nSPS) is 14.9. The van der Waals surface area contributed by atoms with Crippen molar-refractivity contribution in [2.75, 3.05) is 32.8 Å². The van der Waals surface area contributed by atoms with Crippen LogP contribution in [0.25, 0.3) is 22.3 Å². The van der Waals surface area contributed by atoms with Crippen LogP contribution in [-0.2, 0) is 30.5 Å². The van der Waals surface area contributed by atoms with E-state index in [2.05, 4.69) is 95.4 Å². The van der Waals surface area contributed by atoms with Crippen LogP contribution in [0.5, 0.6) is 11.5 Å². The van der Waals surface area contributed by atoms with E-state index < -0.39 is 10.1 Å². The summed E-state index contributed by atoms with van der Waals surface area (Å²) in [6.07, 6.45) is 14.5. The second-order valence-electron chi connectivity index (χ2n) is 16.5. The molecule has 2 saturated carbocycles. The first-order valence-electron chi connectivity index (χ1n) is 21.1. The Hall–Kier alpha value is -2.72. The minimum Gasteiger partial charge on any atom is -0.748 e. The summed E-state index contributed by atoms with van der Waals surface area (Å²) in [5.74, 6) is 3.50. The summed E-state index contributed by atoms with van der Waals surface area (Å²) in [7, 11) is 1.40. The summed E-state index contributed by atoms with van der Waals surface area (Å²) in [6, 6.07) is 28.8. The van der Waals surface area contributed by atoms with Gasteiger partial charge < -0.3 is 19.3 Å². The van der Waals surface area contributed by atoms with E-state index in [0.29, 0.717) is 24.0 Å². The van der Waals surface area contributed by atoms with E-state index in [1.54, 1.807) is 0 Å². The van der Waals surface area contributed by atoms with Crippen molar-refractivity contribution in [3.63, 3.8) is 0 Å². The molecular formula is C49H68NO5PPdS. The van der Waals surface area contributed by atoms with E-state index in [-0.39, 0.29) is 28.3 Å². The van der Waals surface area contributed by atoms with Crippen molar-refractivity contribution < 1.29 is 42.9 Å². The fraction of sp³-hybridized carbons (Fsp3) is 0.510. The van der Waals surface area contributed by atoms with E-state index in [4.69, 9.17) is 22.4 Å². The van der Waals surface area contributed by atoms with E-state index in [1.807, 2.05) is 51.6 Å². The zero-order valence-corrected chi connectivity index (χ0v) is 39.9. The molecule has 0 heterocycles. The van der Waals surface area contributed by atoms with Gasteiger partial charge in [0.2, 0.25) is 0 Å². The van der Waals surface area contributed by atoms with Gasteiger partial charge in [-0.25, -0.2) is 8.42 Å². The number of rotatable bonds is 11. The molecule has 4 aromatic rings. The van der Waals surface area contributed by atoms with Gasteiger partial charge >= 0.3 is 20.4 Å². The molecule has 6 rings (SSSR count). The smallest absolute Gasteiger partial charge is 0.748 e. The Morgan fingerprint density at radius 3 is 1.62 bits per heavy atom. The van der Waals surface area contributed by atoms with Crippen molar-refractivity contribution in [2.45, 2.75) is 135 Å². The molecule has 0 bridgehead atoms. The maximum Gasteiger partial charge on any atom is 2.00 e. The Morgan fingerprint density at radius 2 is 1.19 bits per heavy atom. The third kappa shape index (κ3) is 13.7. The molecule has 0 spiro atoms. The molecule has 0 aliphatic heterocycles. The standard InChI is InChI=1S/C35H53O2P.C13H12N.CH4O3S.Pd/c1-23(2)26-21-29(24(3)4)33(30(22-26)25(5)6)34-31(36-7)19-20-32(37-8)35(34)38(27-15-11-9-12-16-27)28-17-13-10-14-18-28;1-14-13-10-6-5-9-12(13)11-7-3-2-4-8-11;1-5(2,3)4;/h19-25,27-28H,9-18H2,1-8H3;2-7,9-10,14H,1H3;1H3,(H,2,3,4);/q;-1;;+2/p-1. The Balaban J connectivity index is 0.000000370. The maximum atomic E-state index is 9.08. The molecule has 6 nitrogen and oxygen atoms in total. The Kier molecular flexibility index (Phi) is 20.5. The molecule has 0 saturated heterocycles. The number of nitrogens with one attached hydrogen (secondary N) is 1. The second kappa shape index (κ2) is 23.9. The summed E-state index contributed by atoms with van der Waals surface area (Å²) in [4.78, 5) is 0. The number of anilines is 1. The van der Waals surface area contributed by atoms with E-state index in [0.717, 1.165) is 34.1 Å². The second-order valence-corrected chi connectivity index (χ2v) is 20.6.